The van der Waals surface area contributed by atoms with Crippen LogP contribution >= 0.6 is 23.4 Å². The maximum Gasteiger partial charge on any atom is 0.131 e. The molecule has 0 aliphatic carbocycles. The summed E-state index contributed by atoms with van der Waals surface area (Å²) in [7, 11) is 1.72. The fraction of sp³-hybridized carbons (Fsp3) is 0.348. The molecule has 3 rings (SSSR count). The molecule has 29 heavy (non-hydrogen) atoms. The molecule has 0 amide bonds. The Morgan fingerprint density at radius 1 is 1.14 bits per heavy atom. The van der Waals surface area contributed by atoms with Crippen molar-refractivity contribution in [1.82, 2.24) is 9.55 Å². The topological polar surface area (TPSA) is 36.3 Å². The highest BCUT2D eigenvalue weighted by Crippen LogP contribution is 2.29. The number of hydrogen-bond acceptors (Lipinski definition) is 4. The lowest BCUT2D eigenvalue weighted by Crippen LogP contribution is -2.27. The summed E-state index contributed by atoms with van der Waals surface area (Å²) in [5.41, 5.74) is 2.41. The van der Waals surface area contributed by atoms with Crippen LogP contribution in [-0.2, 0) is 22.4 Å². The molecule has 2 atom stereocenters. The fourth-order valence-corrected chi connectivity index (χ4v) is 4.33. The van der Waals surface area contributed by atoms with Gasteiger partial charge in [0.15, 0.2) is 0 Å². The van der Waals surface area contributed by atoms with Gasteiger partial charge in [0.05, 0.1) is 19.0 Å². The van der Waals surface area contributed by atoms with Gasteiger partial charge in [-0.2, -0.15) is 0 Å². The van der Waals surface area contributed by atoms with E-state index in [0.717, 1.165) is 24.4 Å². The van der Waals surface area contributed by atoms with Crippen LogP contribution in [0.15, 0.2) is 72.1 Å². The van der Waals surface area contributed by atoms with Crippen molar-refractivity contribution in [3.8, 4) is 0 Å². The Kier molecular flexibility index (Phi) is 8.62. The van der Waals surface area contributed by atoms with E-state index in [2.05, 4.69) is 52.9 Å². The van der Waals surface area contributed by atoms with Gasteiger partial charge in [-0.3, -0.25) is 0 Å². The molecule has 2 aromatic carbocycles. The molecule has 0 fully saturated rings. The predicted molar refractivity (Wildman–Crippen MR) is 120 cm³/mol. The molecule has 0 aliphatic rings. The molecule has 154 valence electrons. The van der Waals surface area contributed by atoms with E-state index >= 15 is 0 Å². The van der Waals surface area contributed by atoms with E-state index in [9.17, 15) is 0 Å². The molecule has 0 radical (unpaired) electrons. The molecule has 0 bridgehead atoms. The van der Waals surface area contributed by atoms with Crippen molar-refractivity contribution in [3.63, 3.8) is 0 Å². The summed E-state index contributed by atoms with van der Waals surface area (Å²) >= 11 is 7.73. The number of thioether (sulfide) groups is 1. The number of aromatic nitrogens is 2. The normalized spacial score (nSPS) is 13.3. The Morgan fingerprint density at radius 2 is 1.93 bits per heavy atom. The van der Waals surface area contributed by atoms with Gasteiger partial charge in [-0.25, -0.2) is 4.98 Å². The largest absolute Gasteiger partial charge is 0.381 e. The molecule has 1 heterocycles. The van der Waals surface area contributed by atoms with E-state index in [4.69, 9.17) is 21.1 Å². The number of rotatable bonds is 11. The second-order valence-electron chi connectivity index (χ2n) is 6.95. The molecule has 1 aromatic heterocycles. The Labute approximate surface area is 182 Å². The average molecular weight is 431 g/mol. The molecule has 4 nitrogen and oxygen atoms in total. The Morgan fingerprint density at radius 3 is 2.62 bits per heavy atom. The van der Waals surface area contributed by atoms with Gasteiger partial charge in [-0.1, -0.05) is 53.7 Å². The maximum atomic E-state index is 6.53. The highest BCUT2D eigenvalue weighted by atomic mass is 35.5. The zero-order chi connectivity index (χ0) is 20.5. The summed E-state index contributed by atoms with van der Waals surface area (Å²) < 4.78 is 14.0. The number of methoxy groups -OCH3 is 1. The van der Waals surface area contributed by atoms with Crippen molar-refractivity contribution in [1.29, 1.82) is 0 Å². The molecular formula is C23H27ClN2O2S. The van der Waals surface area contributed by atoms with Crippen LogP contribution in [-0.4, -0.2) is 34.8 Å². The van der Waals surface area contributed by atoms with Crippen LogP contribution in [0.2, 0.25) is 5.02 Å². The van der Waals surface area contributed by atoms with Crippen LogP contribution in [0.25, 0.3) is 0 Å². The molecule has 0 spiro atoms. The number of ether oxygens (including phenoxy) is 2. The fourth-order valence-electron chi connectivity index (χ4n) is 3.09. The van der Waals surface area contributed by atoms with Gasteiger partial charge >= 0.3 is 0 Å². The molecule has 3 aromatic rings. The van der Waals surface area contributed by atoms with Crippen LogP contribution < -0.4 is 0 Å². The maximum absolute atomic E-state index is 6.53. The van der Waals surface area contributed by atoms with E-state index in [0.29, 0.717) is 6.61 Å². The second kappa shape index (κ2) is 11.4. The zero-order valence-electron chi connectivity index (χ0n) is 16.8. The molecular weight excluding hydrogens is 404 g/mol. The number of halogens is 1. The van der Waals surface area contributed by atoms with Crippen LogP contribution in [0.5, 0.6) is 0 Å². The van der Waals surface area contributed by atoms with Gasteiger partial charge < -0.3 is 14.0 Å². The quantitative estimate of drug-likeness (QED) is 0.292. The lowest BCUT2D eigenvalue weighted by molar-refractivity contribution is -0.0137. The first kappa shape index (κ1) is 21.9. The summed E-state index contributed by atoms with van der Waals surface area (Å²) in [6.07, 6.45) is 7.46. The average Bonchev–Trinajstić information content (AvgIpc) is 3.22. The molecule has 0 aliphatic heterocycles. The first-order valence-electron chi connectivity index (χ1n) is 9.71. The molecule has 6 heteroatoms. The predicted octanol–water partition coefficient (Wildman–Crippen LogP) is 5.63. The monoisotopic (exact) mass is 430 g/mol. The van der Waals surface area contributed by atoms with Crippen LogP contribution in [0, 0.1) is 6.92 Å². The van der Waals surface area contributed by atoms with Gasteiger partial charge in [0, 0.05) is 36.0 Å². The minimum atomic E-state index is -0.0835. The van der Waals surface area contributed by atoms with Crippen molar-refractivity contribution < 1.29 is 9.47 Å². The van der Waals surface area contributed by atoms with E-state index in [1.807, 2.05) is 24.7 Å². The Balaban J connectivity index is 1.68. The Hall–Kier alpha value is -1.79. The SMILES string of the molecule is COCC(O[C@@H](CCc1ccc(Cl)cc1)Cn1ccnc1)Sc1ccccc1C. The van der Waals surface area contributed by atoms with Crippen molar-refractivity contribution in [2.75, 3.05) is 13.7 Å². The van der Waals surface area contributed by atoms with Gasteiger partial charge in [0.1, 0.15) is 5.44 Å². The summed E-state index contributed by atoms with van der Waals surface area (Å²) in [6, 6.07) is 16.4. The lowest BCUT2D eigenvalue weighted by Gasteiger charge is -2.25. The third-order valence-electron chi connectivity index (χ3n) is 4.64. The van der Waals surface area contributed by atoms with Crippen LogP contribution in [0.1, 0.15) is 17.5 Å². The lowest BCUT2D eigenvalue weighted by atomic mass is 10.1. The third kappa shape index (κ3) is 7.19. The summed E-state index contributed by atoms with van der Waals surface area (Å²) in [5, 5.41) is 0.759. The van der Waals surface area contributed by atoms with Crippen LogP contribution in [0.4, 0.5) is 0 Å². The van der Waals surface area contributed by atoms with Crippen LogP contribution in [0.3, 0.4) is 0 Å². The summed E-state index contributed by atoms with van der Waals surface area (Å²) in [4.78, 5) is 5.38. The number of benzene rings is 2. The molecule has 0 saturated heterocycles. The van der Waals surface area contributed by atoms with E-state index in [1.54, 1.807) is 25.1 Å². The van der Waals surface area contributed by atoms with E-state index in [-0.39, 0.29) is 11.5 Å². The van der Waals surface area contributed by atoms with E-state index in [1.165, 1.54) is 16.0 Å². The van der Waals surface area contributed by atoms with Crippen molar-refractivity contribution in [3.05, 3.63) is 83.4 Å². The molecule has 0 N–H and O–H groups in total. The smallest absolute Gasteiger partial charge is 0.131 e. The van der Waals surface area contributed by atoms with Gasteiger partial charge in [0.2, 0.25) is 0 Å². The van der Waals surface area contributed by atoms with Gasteiger partial charge in [0.25, 0.3) is 0 Å². The number of nitrogens with zero attached hydrogens (tertiary/aromatic N) is 2. The molecule has 1 unspecified atom stereocenters. The van der Waals surface area contributed by atoms with Crippen molar-refractivity contribution in [2.24, 2.45) is 0 Å². The number of hydrogen-bond donors (Lipinski definition) is 0. The number of aryl methyl sites for hydroxylation is 2. The van der Waals surface area contributed by atoms with Crippen molar-refractivity contribution >= 4 is 23.4 Å². The minimum absolute atomic E-state index is 0.0385. The first-order valence-corrected chi connectivity index (χ1v) is 11.0. The zero-order valence-corrected chi connectivity index (χ0v) is 18.4. The van der Waals surface area contributed by atoms with Crippen molar-refractivity contribution in [2.45, 2.75) is 42.7 Å². The third-order valence-corrected chi connectivity index (χ3v) is 6.11. The summed E-state index contributed by atoms with van der Waals surface area (Å²) in [6.45, 7) is 3.40. The highest BCUT2D eigenvalue weighted by molar-refractivity contribution is 7.99. The first-order chi connectivity index (χ1) is 14.1. The highest BCUT2D eigenvalue weighted by Gasteiger charge is 2.19. The summed E-state index contributed by atoms with van der Waals surface area (Å²) in [5.74, 6) is 0. The number of imidazole rings is 1. The standard InChI is InChI=1S/C23H27ClN2O2S/c1-18-5-3-4-6-22(18)29-23(16-27-2)28-21(15-26-14-13-25-17-26)12-9-19-7-10-20(24)11-8-19/h3-8,10-11,13-14,17,21,23H,9,12,15-16H2,1-2H3/t21-,23?/m0/s1. The second-order valence-corrected chi connectivity index (χ2v) is 8.59. The Bertz CT molecular complexity index is 856. The molecule has 0 saturated carbocycles. The minimum Gasteiger partial charge on any atom is -0.381 e. The van der Waals surface area contributed by atoms with Gasteiger partial charge in [-0.15, -0.1) is 0 Å². The van der Waals surface area contributed by atoms with Gasteiger partial charge in [-0.05, 0) is 49.1 Å². The van der Waals surface area contributed by atoms with E-state index < -0.39 is 0 Å².